The van der Waals surface area contributed by atoms with Crippen molar-refractivity contribution in [2.75, 3.05) is 6.54 Å². The van der Waals surface area contributed by atoms with E-state index in [1.807, 2.05) is 13.0 Å². The zero-order valence-electron chi connectivity index (χ0n) is 14.6. The third-order valence-corrected chi connectivity index (χ3v) is 4.73. The van der Waals surface area contributed by atoms with E-state index in [-0.39, 0.29) is 12.3 Å². The maximum Gasteiger partial charge on any atom is 0.416 e. The van der Waals surface area contributed by atoms with E-state index >= 15 is 0 Å². The Labute approximate surface area is 153 Å². The van der Waals surface area contributed by atoms with Crippen molar-refractivity contribution >= 4 is 11.6 Å². The largest absolute Gasteiger partial charge is 0.416 e. The van der Waals surface area contributed by atoms with E-state index in [0.29, 0.717) is 25.1 Å². The van der Waals surface area contributed by atoms with Crippen LogP contribution in [0.1, 0.15) is 28.1 Å². The van der Waals surface area contributed by atoms with E-state index in [4.69, 9.17) is 0 Å². The summed E-state index contributed by atoms with van der Waals surface area (Å²) >= 11 is 0. The number of rotatable bonds is 2. The summed E-state index contributed by atoms with van der Waals surface area (Å²) in [5.41, 5.74) is 3.20. The fraction of sp³-hybridized carbons (Fsp3) is 0.316. The Hall–Kier alpha value is -2.90. The average molecular weight is 374 g/mol. The van der Waals surface area contributed by atoms with Gasteiger partial charge in [-0.3, -0.25) is 4.79 Å². The molecule has 8 heteroatoms. The Balaban J connectivity index is 1.52. The molecule has 1 amide bonds. The van der Waals surface area contributed by atoms with Gasteiger partial charge in [0, 0.05) is 37.3 Å². The van der Waals surface area contributed by atoms with Crippen molar-refractivity contribution in [3.63, 3.8) is 0 Å². The molecule has 0 radical (unpaired) electrons. The predicted octanol–water partition coefficient (Wildman–Crippen LogP) is 3.18. The first-order valence-corrected chi connectivity index (χ1v) is 8.58. The summed E-state index contributed by atoms with van der Waals surface area (Å²) in [4.78, 5) is 18.6. The summed E-state index contributed by atoms with van der Waals surface area (Å²) in [6.45, 7) is 2.78. The number of carbonyl (C=O) groups excluding carboxylic acids is 1. The van der Waals surface area contributed by atoms with Crippen molar-refractivity contribution < 1.29 is 18.0 Å². The van der Waals surface area contributed by atoms with Crippen molar-refractivity contribution in [1.29, 1.82) is 0 Å². The Kier molecular flexibility index (Phi) is 4.13. The monoisotopic (exact) mass is 374 g/mol. The summed E-state index contributed by atoms with van der Waals surface area (Å²) in [6, 6.07) is 6.81. The summed E-state index contributed by atoms with van der Waals surface area (Å²) in [5.74, 6) is -0.197. The van der Waals surface area contributed by atoms with E-state index < -0.39 is 11.7 Å². The molecule has 0 bridgehead atoms. The highest BCUT2D eigenvalue weighted by molar-refractivity contribution is 5.79. The molecule has 3 heterocycles. The fourth-order valence-corrected chi connectivity index (χ4v) is 3.41. The third-order valence-electron chi connectivity index (χ3n) is 4.73. The molecule has 0 fully saturated rings. The van der Waals surface area contributed by atoms with E-state index in [1.54, 1.807) is 21.7 Å². The smallest absolute Gasteiger partial charge is 0.338 e. The molecule has 3 aromatic rings. The Morgan fingerprint density at radius 3 is 2.85 bits per heavy atom. The lowest BCUT2D eigenvalue weighted by molar-refractivity contribution is -0.138. The number of halogens is 3. The second-order valence-corrected chi connectivity index (χ2v) is 6.73. The maximum atomic E-state index is 12.8. The number of carbonyl (C=O) groups is 1. The lowest BCUT2D eigenvalue weighted by Crippen LogP contribution is -2.37. The second kappa shape index (κ2) is 6.37. The van der Waals surface area contributed by atoms with Crippen molar-refractivity contribution in [1.82, 2.24) is 19.5 Å². The van der Waals surface area contributed by atoms with Crippen LogP contribution in [-0.2, 0) is 30.4 Å². The first kappa shape index (κ1) is 17.5. The van der Waals surface area contributed by atoms with Crippen LogP contribution in [0.15, 0.2) is 36.5 Å². The van der Waals surface area contributed by atoms with Gasteiger partial charge in [-0.05, 0) is 18.6 Å². The molecule has 27 heavy (non-hydrogen) atoms. The minimum Gasteiger partial charge on any atom is -0.338 e. The number of benzene rings is 1. The third kappa shape index (κ3) is 3.39. The zero-order valence-corrected chi connectivity index (χ0v) is 14.6. The highest BCUT2D eigenvalue weighted by Crippen LogP contribution is 2.30. The summed E-state index contributed by atoms with van der Waals surface area (Å²) in [5, 5.41) is 4.44. The predicted molar refractivity (Wildman–Crippen MR) is 92.0 cm³/mol. The number of amides is 1. The van der Waals surface area contributed by atoms with Gasteiger partial charge < -0.3 is 4.90 Å². The van der Waals surface area contributed by atoms with Crippen molar-refractivity contribution in [2.24, 2.45) is 0 Å². The lowest BCUT2D eigenvalue weighted by atomic mass is 10.0. The summed E-state index contributed by atoms with van der Waals surface area (Å²) in [7, 11) is 0. The molecule has 140 valence electrons. The van der Waals surface area contributed by atoms with Crippen LogP contribution in [0.25, 0.3) is 5.65 Å². The topological polar surface area (TPSA) is 50.5 Å². The number of nitrogens with zero attached hydrogens (tertiary/aromatic N) is 4. The van der Waals surface area contributed by atoms with Crippen LogP contribution in [0.4, 0.5) is 13.2 Å². The van der Waals surface area contributed by atoms with Gasteiger partial charge in [0.25, 0.3) is 0 Å². The van der Waals surface area contributed by atoms with Gasteiger partial charge in [0.05, 0.1) is 23.4 Å². The molecule has 4 rings (SSSR count). The molecule has 0 spiro atoms. The number of hydrogen-bond acceptors (Lipinski definition) is 3. The first-order valence-electron chi connectivity index (χ1n) is 8.58. The van der Waals surface area contributed by atoms with Crippen LogP contribution >= 0.6 is 0 Å². The summed E-state index contributed by atoms with van der Waals surface area (Å²) in [6.07, 6.45) is -2.10. The SMILES string of the molecule is Cc1cc2ncc3c(n2n1)CCN(C(=O)Cc1cccc(C(F)(F)F)c1)C3. The first-order chi connectivity index (χ1) is 12.8. The van der Waals surface area contributed by atoms with Crippen LogP contribution < -0.4 is 0 Å². The molecular weight excluding hydrogens is 357 g/mol. The van der Waals surface area contributed by atoms with Gasteiger partial charge in [-0.15, -0.1) is 0 Å². The molecular formula is C19H17F3N4O. The quantitative estimate of drug-likeness (QED) is 0.692. The molecule has 0 unspecified atom stereocenters. The van der Waals surface area contributed by atoms with Crippen LogP contribution in [0.2, 0.25) is 0 Å². The number of hydrogen-bond donors (Lipinski definition) is 0. The van der Waals surface area contributed by atoms with Crippen LogP contribution in [0, 0.1) is 6.92 Å². The second-order valence-electron chi connectivity index (χ2n) is 6.73. The molecule has 1 aromatic carbocycles. The Bertz CT molecular complexity index is 1030. The molecule has 0 saturated carbocycles. The van der Waals surface area contributed by atoms with Crippen LogP contribution in [0.3, 0.4) is 0 Å². The van der Waals surface area contributed by atoms with Crippen LogP contribution in [0.5, 0.6) is 0 Å². The lowest BCUT2D eigenvalue weighted by Gasteiger charge is -2.29. The number of aromatic nitrogens is 3. The highest BCUT2D eigenvalue weighted by atomic mass is 19.4. The van der Waals surface area contributed by atoms with Gasteiger partial charge >= 0.3 is 6.18 Å². The van der Waals surface area contributed by atoms with Gasteiger partial charge in [-0.2, -0.15) is 18.3 Å². The Morgan fingerprint density at radius 1 is 1.26 bits per heavy atom. The number of aryl methyl sites for hydroxylation is 1. The van der Waals surface area contributed by atoms with Crippen molar-refractivity contribution in [3.8, 4) is 0 Å². The van der Waals surface area contributed by atoms with Crippen molar-refractivity contribution in [2.45, 2.75) is 32.5 Å². The molecule has 2 aromatic heterocycles. The standard InChI is InChI=1S/C19H17F3N4O/c1-12-7-17-23-10-14-11-25(6-5-16(14)26(17)24-12)18(27)9-13-3-2-4-15(8-13)19(20,21)22/h2-4,7-8,10H,5-6,9,11H2,1H3. The van der Waals surface area contributed by atoms with Gasteiger partial charge in [0.15, 0.2) is 5.65 Å². The molecule has 0 aliphatic carbocycles. The minimum atomic E-state index is -4.41. The fourth-order valence-electron chi connectivity index (χ4n) is 3.41. The summed E-state index contributed by atoms with van der Waals surface area (Å²) < 4.78 is 40.3. The number of fused-ring (bicyclic) bond motifs is 3. The maximum absolute atomic E-state index is 12.8. The van der Waals surface area contributed by atoms with Gasteiger partial charge in [-0.1, -0.05) is 18.2 Å². The van der Waals surface area contributed by atoms with Gasteiger partial charge in [0.2, 0.25) is 5.91 Å². The highest BCUT2D eigenvalue weighted by Gasteiger charge is 2.31. The zero-order chi connectivity index (χ0) is 19.2. The van der Waals surface area contributed by atoms with Crippen molar-refractivity contribution in [3.05, 3.63) is 64.6 Å². The van der Waals surface area contributed by atoms with E-state index in [1.165, 1.54) is 6.07 Å². The van der Waals surface area contributed by atoms with E-state index in [0.717, 1.165) is 34.7 Å². The molecule has 0 saturated heterocycles. The van der Waals surface area contributed by atoms with Crippen LogP contribution in [-0.4, -0.2) is 31.9 Å². The number of alkyl halides is 3. The van der Waals surface area contributed by atoms with E-state index in [2.05, 4.69) is 10.1 Å². The van der Waals surface area contributed by atoms with E-state index in [9.17, 15) is 18.0 Å². The van der Waals surface area contributed by atoms with Gasteiger partial charge in [0.1, 0.15) is 0 Å². The molecule has 1 aliphatic rings. The average Bonchev–Trinajstić information content (AvgIpc) is 3.01. The van der Waals surface area contributed by atoms with Gasteiger partial charge in [-0.25, -0.2) is 9.50 Å². The normalized spacial score (nSPS) is 14.4. The molecule has 1 aliphatic heterocycles. The minimum absolute atomic E-state index is 0.0597. The molecule has 0 N–H and O–H groups in total. The molecule has 0 atom stereocenters. The molecule has 5 nitrogen and oxygen atoms in total. The Morgan fingerprint density at radius 2 is 2.07 bits per heavy atom.